The van der Waals surface area contributed by atoms with E-state index in [4.69, 9.17) is 11.6 Å². The molecule has 14 heavy (non-hydrogen) atoms. The number of hydrogen-bond donors (Lipinski definition) is 0. The van der Waals surface area contributed by atoms with Crippen molar-refractivity contribution >= 4 is 65.2 Å². The van der Waals surface area contributed by atoms with Crippen LogP contribution in [0, 0.1) is 0 Å². The fourth-order valence-electron chi connectivity index (χ4n) is 1.33. The molecule has 2 rings (SSSR count). The van der Waals surface area contributed by atoms with Crippen LogP contribution in [0.3, 0.4) is 0 Å². The van der Waals surface area contributed by atoms with Gasteiger partial charge in [-0.05, 0) is 27.6 Å². The highest BCUT2D eigenvalue weighted by Crippen LogP contribution is 2.46. The molecule has 1 aliphatic carbocycles. The largest absolute Gasteiger partial charge is 0.296 e. The quantitative estimate of drug-likeness (QED) is 0.489. The first kappa shape index (κ1) is 11.0. The highest BCUT2D eigenvalue weighted by molar-refractivity contribution is 9.25. The minimum atomic E-state index is -0.845. The van der Waals surface area contributed by atoms with Crippen LogP contribution in [0.1, 0.15) is 11.3 Å². The predicted molar refractivity (Wildman–Crippen MR) is 65.2 cm³/mol. The fourth-order valence-corrected chi connectivity index (χ4v) is 2.76. The Balaban J connectivity index is 2.67. The monoisotopic (exact) mass is 401 g/mol. The smallest absolute Gasteiger partial charge is 0.180 e. The molecule has 0 saturated carbocycles. The van der Waals surface area contributed by atoms with Gasteiger partial charge < -0.3 is 0 Å². The summed E-state index contributed by atoms with van der Waals surface area (Å²) in [6.45, 7) is 0. The summed E-state index contributed by atoms with van der Waals surface area (Å²) in [5.74, 6) is 0.0363. The number of aromatic nitrogens is 1. The summed E-state index contributed by atoms with van der Waals surface area (Å²) < 4.78 is -0.293. The average molecular weight is 404 g/mol. The third kappa shape index (κ3) is 1.58. The molecule has 0 aliphatic heterocycles. The van der Waals surface area contributed by atoms with Gasteiger partial charge in [-0.15, -0.1) is 0 Å². The van der Waals surface area contributed by atoms with Crippen LogP contribution in [0.5, 0.6) is 0 Å². The number of Topliss-reactive ketones (excluding diaryl/α,β-unsaturated/α-hetero) is 1. The lowest BCUT2D eigenvalue weighted by molar-refractivity contribution is -0.117. The maximum atomic E-state index is 11.6. The first-order valence-electron chi connectivity index (χ1n) is 3.69. The van der Waals surface area contributed by atoms with Crippen molar-refractivity contribution in [2.45, 2.75) is 9.65 Å². The number of ketones is 1. The van der Waals surface area contributed by atoms with Gasteiger partial charge in [0.1, 0.15) is 4.60 Å². The highest BCUT2D eigenvalue weighted by Gasteiger charge is 2.44. The molecule has 0 radical (unpaired) electrons. The molecule has 1 heterocycles. The molecule has 0 fully saturated rings. The molecule has 0 amide bonds. The van der Waals surface area contributed by atoms with Crippen molar-refractivity contribution in [1.82, 2.24) is 4.98 Å². The lowest BCUT2D eigenvalue weighted by Crippen LogP contribution is -2.16. The molecule has 0 aromatic carbocycles. The van der Waals surface area contributed by atoms with Gasteiger partial charge in [-0.1, -0.05) is 43.5 Å². The van der Waals surface area contributed by atoms with E-state index >= 15 is 0 Å². The second-order valence-corrected chi connectivity index (χ2v) is 7.54. The Hall–Kier alpha value is 0.550. The maximum absolute atomic E-state index is 11.6. The topological polar surface area (TPSA) is 30.0 Å². The number of alkyl halides is 2. The van der Waals surface area contributed by atoms with Gasteiger partial charge in [-0.2, -0.15) is 0 Å². The zero-order chi connectivity index (χ0) is 10.5. The van der Waals surface area contributed by atoms with Crippen molar-refractivity contribution in [2.75, 3.05) is 0 Å². The van der Waals surface area contributed by atoms with E-state index in [2.05, 4.69) is 52.8 Å². The summed E-state index contributed by atoms with van der Waals surface area (Å²) in [6.07, 6.45) is 0.353. The Labute approximate surface area is 111 Å². The fraction of sp³-hybridized carbons (Fsp3) is 0.250. The second kappa shape index (κ2) is 3.54. The van der Waals surface area contributed by atoms with Crippen LogP contribution in [0.2, 0.25) is 5.02 Å². The maximum Gasteiger partial charge on any atom is 0.180 e. The third-order valence-corrected chi connectivity index (χ3v) is 4.77. The van der Waals surface area contributed by atoms with E-state index in [1.54, 1.807) is 6.07 Å². The number of fused-ring (bicyclic) bond motifs is 1. The van der Waals surface area contributed by atoms with Crippen LogP contribution >= 0.6 is 59.4 Å². The normalized spacial score (nSPS) is 18.4. The predicted octanol–water partition coefficient (Wildman–Crippen LogP) is 3.57. The van der Waals surface area contributed by atoms with E-state index in [9.17, 15) is 4.79 Å². The van der Waals surface area contributed by atoms with E-state index < -0.39 is 3.23 Å². The second-order valence-electron chi connectivity index (χ2n) is 2.94. The molecule has 0 unspecified atom stereocenters. The highest BCUT2D eigenvalue weighted by atomic mass is 79.9. The van der Waals surface area contributed by atoms with Crippen molar-refractivity contribution in [2.24, 2.45) is 0 Å². The Kier molecular flexibility index (Phi) is 2.79. The SMILES string of the molecule is O=C1Cc2cc(Cl)c(Br)nc2C1(Br)Br. The molecule has 0 spiro atoms. The Morgan fingerprint density at radius 1 is 1.50 bits per heavy atom. The van der Waals surface area contributed by atoms with Gasteiger partial charge in [0.15, 0.2) is 9.02 Å². The summed E-state index contributed by atoms with van der Waals surface area (Å²) in [7, 11) is 0. The Bertz CT molecular complexity index is 433. The molecule has 0 saturated heterocycles. The van der Waals surface area contributed by atoms with E-state index in [1.807, 2.05) is 0 Å². The van der Waals surface area contributed by atoms with E-state index in [-0.39, 0.29) is 5.78 Å². The summed E-state index contributed by atoms with van der Waals surface area (Å²) in [5, 5.41) is 0.522. The molecule has 2 nitrogen and oxygen atoms in total. The van der Waals surface area contributed by atoms with Crippen LogP contribution in [0.4, 0.5) is 0 Å². The van der Waals surface area contributed by atoms with E-state index in [0.29, 0.717) is 21.7 Å². The number of pyridine rings is 1. The molecule has 74 valence electrons. The molecule has 6 heteroatoms. The van der Waals surface area contributed by atoms with Gasteiger partial charge in [0, 0.05) is 6.42 Å². The molecule has 1 aliphatic rings. The van der Waals surface area contributed by atoms with Crippen molar-refractivity contribution < 1.29 is 4.79 Å². The van der Waals surface area contributed by atoms with Gasteiger partial charge in [-0.3, -0.25) is 4.79 Å². The number of halogens is 4. The van der Waals surface area contributed by atoms with Crippen molar-refractivity contribution in [3.8, 4) is 0 Å². The van der Waals surface area contributed by atoms with Crippen LogP contribution in [-0.2, 0) is 14.4 Å². The number of rotatable bonds is 0. The lowest BCUT2D eigenvalue weighted by atomic mass is 10.2. The van der Waals surface area contributed by atoms with E-state index in [0.717, 1.165) is 5.56 Å². The van der Waals surface area contributed by atoms with E-state index in [1.165, 1.54) is 0 Å². The number of hydrogen-bond acceptors (Lipinski definition) is 2. The summed E-state index contributed by atoms with van der Waals surface area (Å²) in [6, 6.07) is 1.76. The van der Waals surface area contributed by atoms with Gasteiger partial charge >= 0.3 is 0 Å². The molecule has 0 N–H and O–H groups in total. The first-order chi connectivity index (χ1) is 6.43. The lowest BCUT2D eigenvalue weighted by Gasteiger charge is -2.11. The van der Waals surface area contributed by atoms with Crippen LogP contribution in [-0.4, -0.2) is 10.8 Å². The van der Waals surface area contributed by atoms with Crippen LogP contribution in [0.25, 0.3) is 0 Å². The molecular weight excluding hydrogens is 401 g/mol. The third-order valence-electron chi connectivity index (χ3n) is 2.01. The zero-order valence-corrected chi connectivity index (χ0v) is 12.2. The number of carbonyl (C=O) groups excluding carboxylic acids is 1. The molecule has 1 aromatic heterocycles. The van der Waals surface area contributed by atoms with Crippen LogP contribution in [0.15, 0.2) is 10.7 Å². The number of carbonyl (C=O) groups is 1. The van der Waals surface area contributed by atoms with Gasteiger partial charge in [-0.25, -0.2) is 4.98 Å². The molecule has 0 bridgehead atoms. The Morgan fingerprint density at radius 3 is 2.79 bits per heavy atom. The molecular formula is C8H3Br3ClNO. The minimum Gasteiger partial charge on any atom is -0.296 e. The molecule has 0 atom stereocenters. The van der Waals surface area contributed by atoms with Gasteiger partial charge in [0.25, 0.3) is 0 Å². The summed E-state index contributed by atoms with van der Waals surface area (Å²) in [5.41, 5.74) is 1.54. The van der Waals surface area contributed by atoms with Gasteiger partial charge in [0.05, 0.1) is 10.7 Å². The zero-order valence-electron chi connectivity index (χ0n) is 6.65. The van der Waals surface area contributed by atoms with Crippen molar-refractivity contribution in [3.05, 3.63) is 26.9 Å². The minimum absolute atomic E-state index is 0.0363. The van der Waals surface area contributed by atoms with Crippen molar-refractivity contribution in [3.63, 3.8) is 0 Å². The number of nitrogens with zero attached hydrogens (tertiary/aromatic N) is 1. The Morgan fingerprint density at radius 2 is 2.14 bits per heavy atom. The van der Waals surface area contributed by atoms with Crippen LogP contribution < -0.4 is 0 Å². The summed E-state index contributed by atoms with van der Waals surface area (Å²) >= 11 is 15.7. The first-order valence-corrected chi connectivity index (χ1v) is 6.45. The summed E-state index contributed by atoms with van der Waals surface area (Å²) in [4.78, 5) is 15.8. The van der Waals surface area contributed by atoms with Gasteiger partial charge in [0.2, 0.25) is 0 Å². The average Bonchev–Trinajstić information content (AvgIpc) is 2.28. The molecule has 1 aromatic rings. The van der Waals surface area contributed by atoms with Crippen molar-refractivity contribution in [1.29, 1.82) is 0 Å². The standard InChI is InChI=1S/C8H3Br3ClNO/c9-7-4(12)1-3-2-5(14)8(10,11)6(3)13-7/h1H,2H2.